The zero-order chi connectivity index (χ0) is 18.0. The standard InChI is InChI=1S/C20H19NO2S2/c1-13-17(14-7-5-4-6-8-14)24-18(21-13)15-9-11-16(12-10-15)25-20(2,3)19(22)23/h4-12H,1-3H3,(H,22,23). The van der Waals surface area contributed by atoms with Crippen molar-refractivity contribution in [2.75, 3.05) is 0 Å². The van der Waals surface area contributed by atoms with Crippen LogP contribution in [-0.4, -0.2) is 20.8 Å². The number of thiazole rings is 1. The molecule has 128 valence electrons. The van der Waals surface area contributed by atoms with Gasteiger partial charge in [0.15, 0.2) is 0 Å². The first-order chi connectivity index (χ1) is 11.9. The number of carboxylic acid groups (broad SMARTS) is 1. The van der Waals surface area contributed by atoms with Gasteiger partial charge in [-0.3, -0.25) is 4.79 Å². The Kier molecular flexibility index (Phi) is 4.97. The van der Waals surface area contributed by atoms with E-state index in [-0.39, 0.29) is 0 Å². The van der Waals surface area contributed by atoms with Gasteiger partial charge in [-0.2, -0.15) is 0 Å². The van der Waals surface area contributed by atoms with E-state index in [9.17, 15) is 9.90 Å². The maximum Gasteiger partial charge on any atom is 0.319 e. The van der Waals surface area contributed by atoms with Crippen molar-refractivity contribution in [1.29, 1.82) is 0 Å². The van der Waals surface area contributed by atoms with Gasteiger partial charge in [-0.15, -0.1) is 23.1 Å². The quantitative estimate of drug-likeness (QED) is 0.583. The summed E-state index contributed by atoms with van der Waals surface area (Å²) in [6.45, 7) is 5.45. The molecule has 0 radical (unpaired) electrons. The van der Waals surface area contributed by atoms with E-state index in [1.54, 1.807) is 25.2 Å². The Balaban J connectivity index is 1.85. The van der Waals surface area contributed by atoms with Crippen LogP contribution in [0.4, 0.5) is 0 Å². The number of carbonyl (C=O) groups is 1. The van der Waals surface area contributed by atoms with Crippen LogP contribution in [0.25, 0.3) is 21.0 Å². The molecule has 0 fully saturated rings. The van der Waals surface area contributed by atoms with Gasteiger partial charge in [-0.1, -0.05) is 42.5 Å². The number of nitrogens with zero attached hydrogens (tertiary/aromatic N) is 1. The first kappa shape index (κ1) is 17.7. The van der Waals surface area contributed by atoms with Crippen molar-refractivity contribution < 1.29 is 9.90 Å². The zero-order valence-electron chi connectivity index (χ0n) is 14.3. The molecule has 3 rings (SSSR count). The summed E-state index contributed by atoms with van der Waals surface area (Å²) in [5, 5.41) is 10.2. The van der Waals surface area contributed by atoms with Gasteiger partial charge in [0.25, 0.3) is 0 Å². The minimum Gasteiger partial charge on any atom is -0.480 e. The van der Waals surface area contributed by atoms with Gasteiger partial charge in [0.2, 0.25) is 0 Å². The van der Waals surface area contributed by atoms with Crippen LogP contribution < -0.4 is 0 Å². The summed E-state index contributed by atoms with van der Waals surface area (Å²) in [6.07, 6.45) is 0. The fraction of sp³-hybridized carbons (Fsp3) is 0.200. The minimum absolute atomic E-state index is 0.815. The zero-order valence-corrected chi connectivity index (χ0v) is 15.9. The van der Waals surface area contributed by atoms with Gasteiger partial charge in [0.05, 0.1) is 10.6 Å². The molecule has 3 aromatic rings. The van der Waals surface area contributed by atoms with Gasteiger partial charge in [0, 0.05) is 10.5 Å². The highest BCUT2D eigenvalue weighted by atomic mass is 32.2. The highest BCUT2D eigenvalue weighted by Crippen LogP contribution is 2.37. The van der Waals surface area contributed by atoms with Crippen molar-refractivity contribution >= 4 is 29.1 Å². The second-order valence-electron chi connectivity index (χ2n) is 6.24. The third kappa shape index (κ3) is 3.94. The molecule has 0 amide bonds. The highest BCUT2D eigenvalue weighted by molar-refractivity contribution is 8.01. The van der Waals surface area contributed by atoms with Gasteiger partial charge in [-0.05, 0) is 38.5 Å². The van der Waals surface area contributed by atoms with E-state index >= 15 is 0 Å². The number of benzene rings is 2. The molecule has 5 heteroatoms. The smallest absolute Gasteiger partial charge is 0.319 e. The fourth-order valence-electron chi connectivity index (χ4n) is 2.38. The summed E-state index contributed by atoms with van der Waals surface area (Å²) in [7, 11) is 0. The molecule has 0 bridgehead atoms. The van der Waals surface area contributed by atoms with Crippen LogP contribution in [0.2, 0.25) is 0 Å². The van der Waals surface area contributed by atoms with Gasteiger partial charge >= 0.3 is 5.97 Å². The lowest BCUT2D eigenvalue weighted by Crippen LogP contribution is -2.26. The van der Waals surface area contributed by atoms with Gasteiger partial charge < -0.3 is 5.11 Å². The number of hydrogen-bond donors (Lipinski definition) is 1. The minimum atomic E-state index is -0.847. The van der Waals surface area contributed by atoms with Gasteiger partial charge in [-0.25, -0.2) is 4.98 Å². The molecule has 25 heavy (non-hydrogen) atoms. The number of thioether (sulfide) groups is 1. The van der Waals surface area contributed by atoms with Gasteiger partial charge in [0.1, 0.15) is 9.75 Å². The van der Waals surface area contributed by atoms with E-state index in [0.29, 0.717) is 0 Å². The third-order valence-corrected chi connectivity index (χ3v) is 6.27. The fourth-order valence-corrected chi connectivity index (χ4v) is 4.41. The van der Waals surface area contributed by atoms with E-state index in [0.717, 1.165) is 21.2 Å². The van der Waals surface area contributed by atoms with E-state index < -0.39 is 10.7 Å². The van der Waals surface area contributed by atoms with Crippen LogP contribution in [0, 0.1) is 6.92 Å². The van der Waals surface area contributed by atoms with Crippen molar-refractivity contribution in [2.45, 2.75) is 30.4 Å². The Morgan fingerprint density at radius 1 is 1.04 bits per heavy atom. The molecular weight excluding hydrogens is 350 g/mol. The predicted molar refractivity (Wildman–Crippen MR) is 105 cm³/mol. The van der Waals surface area contributed by atoms with Crippen molar-refractivity contribution in [1.82, 2.24) is 4.98 Å². The molecule has 0 unspecified atom stereocenters. The first-order valence-corrected chi connectivity index (χ1v) is 9.56. The lowest BCUT2D eigenvalue weighted by atomic mass is 10.2. The first-order valence-electron chi connectivity index (χ1n) is 7.92. The molecule has 1 heterocycles. The number of aliphatic carboxylic acids is 1. The van der Waals surface area contributed by atoms with E-state index in [2.05, 4.69) is 12.1 Å². The molecule has 0 saturated carbocycles. The summed E-state index contributed by atoms with van der Waals surface area (Å²) in [4.78, 5) is 18.1. The molecule has 1 N–H and O–H groups in total. The second-order valence-corrected chi connectivity index (χ2v) is 8.94. The molecule has 1 aromatic heterocycles. The maximum atomic E-state index is 11.3. The summed E-state index contributed by atoms with van der Waals surface area (Å²) in [5.41, 5.74) is 3.25. The predicted octanol–water partition coefficient (Wildman–Crippen LogP) is 5.74. The van der Waals surface area contributed by atoms with Crippen LogP contribution in [0.1, 0.15) is 19.5 Å². The van der Waals surface area contributed by atoms with Crippen LogP contribution in [-0.2, 0) is 4.79 Å². The van der Waals surface area contributed by atoms with E-state index in [4.69, 9.17) is 4.98 Å². The Hall–Kier alpha value is -2.11. The van der Waals surface area contributed by atoms with Crippen molar-refractivity contribution in [2.24, 2.45) is 0 Å². The lowest BCUT2D eigenvalue weighted by Gasteiger charge is -2.18. The number of carboxylic acids is 1. The van der Waals surface area contributed by atoms with Crippen LogP contribution in [0.5, 0.6) is 0 Å². The Morgan fingerprint density at radius 3 is 2.28 bits per heavy atom. The summed E-state index contributed by atoms with van der Waals surface area (Å²) >= 11 is 3.02. The molecule has 0 aliphatic rings. The van der Waals surface area contributed by atoms with E-state index in [1.807, 2.05) is 49.4 Å². The molecule has 3 nitrogen and oxygen atoms in total. The molecule has 0 aliphatic carbocycles. The molecule has 0 atom stereocenters. The molecule has 0 aliphatic heterocycles. The number of rotatable bonds is 5. The maximum absolute atomic E-state index is 11.3. The number of aromatic nitrogens is 1. The Morgan fingerprint density at radius 2 is 1.68 bits per heavy atom. The lowest BCUT2D eigenvalue weighted by molar-refractivity contribution is -0.138. The number of hydrogen-bond acceptors (Lipinski definition) is 4. The van der Waals surface area contributed by atoms with E-state index in [1.165, 1.54) is 22.2 Å². The summed E-state index contributed by atoms with van der Waals surface area (Å²) < 4.78 is -0.847. The van der Waals surface area contributed by atoms with Crippen molar-refractivity contribution in [3.8, 4) is 21.0 Å². The second kappa shape index (κ2) is 7.02. The highest BCUT2D eigenvalue weighted by Gasteiger charge is 2.28. The third-order valence-electron chi connectivity index (χ3n) is 3.82. The summed E-state index contributed by atoms with van der Waals surface area (Å²) in [5.74, 6) is -0.815. The molecule has 0 spiro atoms. The average molecular weight is 370 g/mol. The monoisotopic (exact) mass is 369 g/mol. The number of aryl methyl sites for hydroxylation is 1. The molecular formula is C20H19NO2S2. The molecule has 2 aromatic carbocycles. The Labute approximate surface area is 155 Å². The summed E-state index contributed by atoms with van der Waals surface area (Å²) in [6, 6.07) is 18.2. The van der Waals surface area contributed by atoms with Crippen LogP contribution in [0.3, 0.4) is 0 Å². The normalized spacial score (nSPS) is 11.5. The van der Waals surface area contributed by atoms with Crippen molar-refractivity contribution in [3.63, 3.8) is 0 Å². The SMILES string of the molecule is Cc1nc(-c2ccc(SC(C)(C)C(=O)O)cc2)sc1-c1ccccc1. The topological polar surface area (TPSA) is 50.2 Å². The largest absolute Gasteiger partial charge is 0.480 e. The van der Waals surface area contributed by atoms with Crippen LogP contribution >= 0.6 is 23.1 Å². The Bertz CT molecular complexity index is 884. The molecule has 0 saturated heterocycles. The average Bonchev–Trinajstić information content (AvgIpc) is 2.98. The van der Waals surface area contributed by atoms with Crippen molar-refractivity contribution in [3.05, 3.63) is 60.3 Å². The van der Waals surface area contributed by atoms with Crippen LogP contribution in [0.15, 0.2) is 59.5 Å².